The summed E-state index contributed by atoms with van der Waals surface area (Å²) in [6, 6.07) is 0. The molecule has 0 aliphatic rings. The molecule has 0 bridgehead atoms. The first-order chi connectivity index (χ1) is 23.5. The van der Waals surface area contributed by atoms with Gasteiger partial charge in [0.2, 0.25) is 0 Å². The molecule has 0 radical (unpaired) electrons. The number of unbranched alkanes of at least 4 members (excludes halogenated alkanes) is 4. The number of carbonyl (C=O) groups excluding carboxylic acids is 4. The molecule has 0 aromatic carbocycles. The molecule has 0 spiro atoms. The highest BCUT2D eigenvalue weighted by Gasteiger charge is 2.36. The highest BCUT2D eigenvalue weighted by Crippen LogP contribution is 2.21. The molecular weight excluding hydrogens is 636 g/mol. The quantitative estimate of drug-likeness (QED) is 0.0304. The number of hydrogen-bond donors (Lipinski definition) is 0. The molecule has 0 amide bonds. The van der Waals surface area contributed by atoms with Gasteiger partial charge in [-0.1, -0.05) is 55.4 Å². The van der Waals surface area contributed by atoms with Crippen molar-refractivity contribution in [2.75, 3.05) is 52.9 Å². The summed E-state index contributed by atoms with van der Waals surface area (Å²) in [5.74, 6) is -1.44. The Hall–Kier alpha value is -2.28. The Morgan fingerprint density at radius 1 is 0.367 bits per heavy atom. The number of carbonyl (C=O) groups is 4. The lowest BCUT2D eigenvalue weighted by Gasteiger charge is -2.32. The first-order valence-electron chi connectivity index (χ1n) is 18.7. The van der Waals surface area contributed by atoms with Crippen LogP contribution < -0.4 is 0 Å². The molecule has 0 aromatic rings. The Morgan fingerprint density at radius 2 is 0.551 bits per heavy atom. The van der Waals surface area contributed by atoms with Crippen molar-refractivity contribution < 1.29 is 57.1 Å². The molecule has 0 saturated heterocycles. The molecule has 12 nitrogen and oxygen atoms in total. The van der Waals surface area contributed by atoms with Gasteiger partial charge in [0.05, 0.1) is 76.5 Å². The van der Waals surface area contributed by atoms with E-state index >= 15 is 0 Å². The van der Waals surface area contributed by atoms with E-state index < -0.39 is 6.16 Å². The van der Waals surface area contributed by atoms with E-state index in [1.807, 2.05) is 55.4 Å². The van der Waals surface area contributed by atoms with E-state index in [-0.39, 0.29) is 100 Å². The molecule has 288 valence electrons. The zero-order valence-corrected chi connectivity index (χ0v) is 31.9. The van der Waals surface area contributed by atoms with E-state index in [0.29, 0.717) is 51.4 Å². The average Bonchev–Trinajstić information content (AvgIpc) is 3.11. The van der Waals surface area contributed by atoms with Gasteiger partial charge < -0.3 is 37.9 Å². The van der Waals surface area contributed by atoms with Gasteiger partial charge in [-0.2, -0.15) is 0 Å². The van der Waals surface area contributed by atoms with Gasteiger partial charge in [-0.3, -0.25) is 19.2 Å². The fourth-order valence-corrected chi connectivity index (χ4v) is 3.78. The number of ether oxygens (including phenoxy) is 8. The van der Waals surface area contributed by atoms with Crippen molar-refractivity contribution in [2.24, 2.45) is 23.7 Å². The molecular formula is C37H68O12. The van der Waals surface area contributed by atoms with Crippen molar-refractivity contribution in [1.82, 2.24) is 0 Å². The highest BCUT2D eigenvalue weighted by atomic mass is 17.0. The predicted molar refractivity (Wildman–Crippen MR) is 185 cm³/mol. The minimum absolute atomic E-state index is 0.144. The summed E-state index contributed by atoms with van der Waals surface area (Å²) in [5.41, 5.74) is 0. The van der Waals surface area contributed by atoms with E-state index in [0.717, 1.165) is 25.7 Å². The molecule has 0 N–H and O–H groups in total. The van der Waals surface area contributed by atoms with Gasteiger partial charge in [0.1, 0.15) is 0 Å². The lowest BCUT2D eigenvalue weighted by atomic mass is 10.1. The molecule has 0 fully saturated rings. The molecule has 4 atom stereocenters. The maximum atomic E-state index is 12.0. The molecule has 0 heterocycles. The second-order valence-electron chi connectivity index (χ2n) is 12.6. The smallest absolute Gasteiger partial charge is 0.412 e. The molecule has 0 rings (SSSR count). The van der Waals surface area contributed by atoms with Crippen LogP contribution in [-0.4, -0.2) is 82.9 Å². The van der Waals surface area contributed by atoms with Crippen molar-refractivity contribution in [3.8, 4) is 0 Å². The molecule has 49 heavy (non-hydrogen) atoms. The van der Waals surface area contributed by atoms with Crippen LogP contribution in [0.25, 0.3) is 0 Å². The lowest BCUT2D eigenvalue weighted by Crippen LogP contribution is -2.43. The standard InChI is InChI=1S/C37H68O12/c1-9-29(5)33(38)42-21-13-17-25-46-37(47-26-18-14-22-43-34(39)30(6)10-2,48-27-19-15-23-44-35(40)31(7)11-3)49-28-20-16-24-45-36(41)32(8)12-4/h29-32H,9-28H2,1-8H3. The Labute approximate surface area is 295 Å². The summed E-state index contributed by atoms with van der Waals surface area (Å²) in [7, 11) is 0. The van der Waals surface area contributed by atoms with E-state index in [9.17, 15) is 19.2 Å². The van der Waals surface area contributed by atoms with Gasteiger partial charge in [0.15, 0.2) is 0 Å². The lowest BCUT2D eigenvalue weighted by molar-refractivity contribution is -0.499. The van der Waals surface area contributed by atoms with E-state index in [2.05, 4.69) is 0 Å². The largest absolute Gasteiger partial charge is 0.465 e. The zero-order chi connectivity index (χ0) is 36.9. The number of hydrogen-bond acceptors (Lipinski definition) is 12. The average molecular weight is 705 g/mol. The van der Waals surface area contributed by atoms with Crippen LogP contribution in [0.4, 0.5) is 0 Å². The third-order valence-electron chi connectivity index (χ3n) is 8.31. The highest BCUT2D eigenvalue weighted by molar-refractivity contribution is 5.72. The predicted octanol–water partition coefficient (Wildman–Crippen LogP) is 7.14. The molecule has 0 aliphatic heterocycles. The maximum Gasteiger partial charge on any atom is 0.412 e. The van der Waals surface area contributed by atoms with Crippen LogP contribution >= 0.6 is 0 Å². The zero-order valence-electron chi connectivity index (χ0n) is 31.9. The molecule has 0 saturated carbocycles. The summed E-state index contributed by atoms with van der Waals surface area (Å²) in [6.07, 6.45) is 5.67. The van der Waals surface area contributed by atoms with E-state index in [1.165, 1.54) is 0 Å². The second-order valence-corrected chi connectivity index (χ2v) is 12.6. The van der Waals surface area contributed by atoms with E-state index in [4.69, 9.17) is 37.9 Å². The Bertz CT molecular complexity index is 738. The van der Waals surface area contributed by atoms with Crippen LogP contribution in [0, 0.1) is 23.7 Å². The monoisotopic (exact) mass is 704 g/mol. The Morgan fingerprint density at radius 3 is 0.735 bits per heavy atom. The van der Waals surface area contributed by atoms with Gasteiger partial charge >= 0.3 is 30.0 Å². The maximum absolute atomic E-state index is 12.0. The van der Waals surface area contributed by atoms with Crippen molar-refractivity contribution in [2.45, 2.75) is 139 Å². The van der Waals surface area contributed by atoms with Crippen LogP contribution in [0.1, 0.15) is 132 Å². The van der Waals surface area contributed by atoms with Gasteiger partial charge in [-0.05, 0) is 77.0 Å². The summed E-state index contributed by atoms with van der Waals surface area (Å²) < 4.78 is 45.9. The summed E-state index contributed by atoms with van der Waals surface area (Å²) >= 11 is 0. The minimum Gasteiger partial charge on any atom is -0.465 e. The van der Waals surface area contributed by atoms with Crippen LogP contribution in [0.2, 0.25) is 0 Å². The van der Waals surface area contributed by atoms with Crippen molar-refractivity contribution in [3.63, 3.8) is 0 Å². The van der Waals surface area contributed by atoms with Crippen LogP contribution in [0.5, 0.6) is 0 Å². The minimum atomic E-state index is -1.80. The molecule has 0 aliphatic carbocycles. The fraction of sp³-hybridized carbons (Fsp3) is 0.892. The van der Waals surface area contributed by atoms with Gasteiger partial charge in [0.25, 0.3) is 0 Å². The summed E-state index contributed by atoms with van der Waals surface area (Å²) in [6.45, 7) is 17.1. The summed E-state index contributed by atoms with van der Waals surface area (Å²) in [4.78, 5) is 48.0. The molecule has 0 aromatic heterocycles. The fourth-order valence-electron chi connectivity index (χ4n) is 3.78. The van der Waals surface area contributed by atoms with E-state index in [1.54, 1.807) is 0 Å². The van der Waals surface area contributed by atoms with Gasteiger partial charge in [-0.25, -0.2) is 0 Å². The van der Waals surface area contributed by atoms with Crippen LogP contribution in [0.15, 0.2) is 0 Å². The Balaban J connectivity index is 5.30. The van der Waals surface area contributed by atoms with Gasteiger partial charge in [-0.15, -0.1) is 0 Å². The first-order valence-corrected chi connectivity index (χ1v) is 18.7. The van der Waals surface area contributed by atoms with Crippen LogP contribution in [-0.2, 0) is 57.1 Å². The van der Waals surface area contributed by atoms with Crippen molar-refractivity contribution in [1.29, 1.82) is 0 Å². The van der Waals surface area contributed by atoms with Crippen LogP contribution in [0.3, 0.4) is 0 Å². The topological polar surface area (TPSA) is 142 Å². The molecule has 4 unspecified atom stereocenters. The Kier molecular flexibility index (Phi) is 28.1. The third-order valence-corrected chi connectivity index (χ3v) is 8.31. The summed E-state index contributed by atoms with van der Waals surface area (Å²) in [5, 5.41) is 0. The number of esters is 4. The second kappa shape index (κ2) is 29.5. The van der Waals surface area contributed by atoms with Crippen molar-refractivity contribution >= 4 is 23.9 Å². The van der Waals surface area contributed by atoms with Crippen molar-refractivity contribution in [3.05, 3.63) is 0 Å². The SMILES string of the molecule is CCC(C)C(=O)OCCCCOC(OCCCCOC(=O)C(C)CC)(OCCCCOC(=O)C(C)CC)OCCCCOC(=O)C(C)CC. The third kappa shape index (κ3) is 22.9. The normalized spacial score (nSPS) is 15.0. The first kappa shape index (κ1) is 46.7. The number of rotatable bonds is 32. The van der Waals surface area contributed by atoms with Gasteiger partial charge in [0, 0.05) is 0 Å². The molecule has 12 heteroatoms.